The molecule has 0 bridgehead atoms. The lowest BCUT2D eigenvalue weighted by Crippen LogP contribution is -2.10. The molecule has 2 aromatic rings. The summed E-state index contributed by atoms with van der Waals surface area (Å²) in [6, 6.07) is 13.2. The fraction of sp³-hybridized carbons (Fsp3) is 0.133. The highest BCUT2D eigenvalue weighted by atomic mass is 35.5. The number of para-hydroxylation sites is 2. The van der Waals surface area contributed by atoms with Gasteiger partial charge in [-0.25, -0.2) is 4.39 Å². The number of nitrogens with zero attached hydrogens (tertiary/aromatic N) is 1. The number of hydrogen-bond donors (Lipinski definition) is 0. The molecule has 0 aliphatic rings. The largest absolute Gasteiger partial charge is 0.489 e. The standard InChI is InChI=1S/C15H11ClFNO2/c16-12-5-3-6-13(17)15(12)20-9-8-19-14-7-2-1-4-11(14)10-18/h1-7H,8-9H2. The predicted octanol–water partition coefficient (Wildman–Crippen LogP) is 3.81. The molecule has 0 saturated heterocycles. The van der Waals surface area contributed by atoms with Crippen molar-refractivity contribution in [2.75, 3.05) is 13.2 Å². The van der Waals surface area contributed by atoms with E-state index in [-0.39, 0.29) is 24.0 Å². The second kappa shape index (κ2) is 6.78. The molecule has 20 heavy (non-hydrogen) atoms. The van der Waals surface area contributed by atoms with Gasteiger partial charge in [0.25, 0.3) is 0 Å². The molecule has 0 spiro atoms. The van der Waals surface area contributed by atoms with Gasteiger partial charge in [0.15, 0.2) is 11.6 Å². The van der Waals surface area contributed by atoms with Crippen molar-refractivity contribution in [1.29, 1.82) is 5.26 Å². The SMILES string of the molecule is N#Cc1ccccc1OCCOc1c(F)cccc1Cl. The lowest BCUT2D eigenvalue weighted by molar-refractivity contribution is 0.211. The molecule has 0 unspecified atom stereocenters. The van der Waals surface area contributed by atoms with E-state index in [1.54, 1.807) is 30.3 Å². The van der Waals surface area contributed by atoms with Crippen molar-refractivity contribution in [3.05, 3.63) is 58.9 Å². The fourth-order valence-electron chi connectivity index (χ4n) is 1.60. The molecule has 5 heteroatoms. The number of rotatable bonds is 5. The Balaban J connectivity index is 1.90. The molecule has 0 aliphatic heterocycles. The second-order valence-corrected chi connectivity index (χ2v) is 4.26. The van der Waals surface area contributed by atoms with Crippen LogP contribution in [0.1, 0.15) is 5.56 Å². The first kappa shape index (κ1) is 14.2. The highest BCUT2D eigenvalue weighted by molar-refractivity contribution is 6.32. The molecule has 0 atom stereocenters. The highest BCUT2D eigenvalue weighted by Crippen LogP contribution is 2.27. The summed E-state index contributed by atoms with van der Waals surface area (Å²) in [5.74, 6) is -0.0421. The smallest absolute Gasteiger partial charge is 0.173 e. The van der Waals surface area contributed by atoms with Crippen LogP contribution in [0.25, 0.3) is 0 Å². The van der Waals surface area contributed by atoms with Gasteiger partial charge in [0, 0.05) is 0 Å². The van der Waals surface area contributed by atoms with E-state index in [1.165, 1.54) is 12.1 Å². The number of benzene rings is 2. The van der Waals surface area contributed by atoms with E-state index in [4.69, 9.17) is 26.3 Å². The Hall–Kier alpha value is -2.25. The molecule has 0 heterocycles. The summed E-state index contributed by atoms with van der Waals surface area (Å²) < 4.78 is 24.1. The molecule has 0 aliphatic carbocycles. The van der Waals surface area contributed by atoms with Gasteiger partial charge in [-0.05, 0) is 24.3 Å². The van der Waals surface area contributed by atoms with Crippen molar-refractivity contribution in [2.24, 2.45) is 0 Å². The van der Waals surface area contributed by atoms with E-state index < -0.39 is 5.82 Å². The Morgan fingerprint density at radius 2 is 1.80 bits per heavy atom. The van der Waals surface area contributed by atoms with Gasteiger partial charge in [-0.2, -0.15) is 5.26 Å². The third-order valence-corrected chi connectivity index (χ3v) is 2.81. The topological polar surface area (TPSA) is 42.2 Å². The minimum absolute atomic E-state index is 0.00587. The van der Waals surface area contributed by atoms with Gasteiger partial charge in [-0.15, -0.1) is 0 Å². The first-order valence-electron chi connectivity index (χ1n) is 5.91. The van der Waals surface area contributed by atoms with Crippen molar-refractivity contribution in [2.45, 2.75) is 0 Å². The zero-order valence-corrected chi connectivity index (χ0v) is 11.2. The predicted molar refractivity (Wildman–Crippen MR) is 73.6 cm³/mol. The van der Waals surface area contributed by atoms with Gasteiger partial charge in [0.2, 0.25) is 0 Å². The summed E-state index contributed by atoms with van der Waals surface area (Å²) >= 11 is 5.82. The van der Waals surface area contributed by atoms with Crippen LogP contribution in [-0.2, 0) is 0 Å². The van der Waals surface area contributed by atoms with Gasteiger partial charge in [-0.3, -0.25) is 0 Å². The Kier molecular flexibility index (Phi) is 4.80. The first-order chi connectivity index (χ1) is 9.72. The minimum Gasteiger partial charge on any atom is -0.489 e. The van der Waals surface area contributed by atoms with Crippen LogP contribution in [-0.4, -0.2) is 13.2 Å². The number of ether oxygens (including phenoxy) is 2. The van der Waals surface area contributed by atoms with Crippen molar-refractivity contribution < 1.29 is 13.9 Å². The quantitative estimate of drug-likeness (QED) is 0.787. The maximum atomic E-state index is 13.4. The van der Waals surface area contributed by atoms with E-state index >= 15 is 0 Å². The molecule has 0 N–H and O–H groups in total. The van der Waals surface area contributed by atoms with Crippen molar-refractivity contribution in [1.82, 2.24) is 0 Å². The van der Waals surface area contributed by atoms with E-state index in [0.29, 0.717) is 11.3 Å². The molecular formula is C15H11ClFNO2. The van der Waals surface area contributed by atoms with Crippen molar-refractivity contribution >= 4 is 11.6 Å². The van der Waals surface area contributed by atoms with Gasteiger partial charge in [0.1, 0.15) is 25.0 Å². The Morgan fingerprint density at radius 3 is 2.55 bits per heavy atom. The van der Waals surface area contributed by atoms with Crippen LogP contribution in [0.4, 0.5) is 4.39 Å². The molecule has 0 aromatic heterocycles. The summed E-state index contributed by atoms with van der Waals surface area (Å²) in [5, 5.41) is 9.11. The Morgan fingerprint density at radius 1 is 1.05 bits per heavy atom. The highest BCUT2D eigenvalue weighted by Gasteiger charge is 2.08. The van der Waals surface area contributed by atoms with Crippen LogP contribution in [0, 0.1) is 17.1 Å². The van der Waals surface area contributed by atoms with E-state index in [1.807, 2.05) is 6.07 Å². The molecule has 2 aromatic carbocycles. The first-order valence-corrected chi connectivity index (χ1v) is 6.29. The molecule has 3 nitrogen and oxygen atoms in total. The lowest BCUT2D eigenvalue weighted by atomic mass is 10.2. The van der Waals surface area contributed by atoms with Gasteiger partial charge in [-0.1, -0.05) is 29.8 Å². The van der Waals surface area contributed by atoms with Crippen molar-refractivity contribution in [3.8, 4) is 17.6 Å². The average molecular weight is 292 g/mol. The molecule has 0 fully saturated rings. The summed E-state index contributed by atoms with van der Waals surface area (Å²) in [7, 11) is 0. The summed E-state index contributed by atoms with van der Waals surface area (Å²) in [4.78, 5) is 0. The molecule has 0 radical (unpaired) electrons. The normalized spacial score (nSPS) is 9.85. The number of halogens is 2. The van der Waals surface area contributed by atoms with Crippen LogP contribution >= 0.6 is 11.6 Å². The summed E-state index contributed by atoms with van der Waals surface area (Å²) in [5.41, 5.74) is 0.441. The maximum Gasteiger partial charge on any atom is 0.173 e. The van der Waals surface area contributed by atoms with Gasteiger partial charge in [0.05, 0.1) is 10.6 Å². The lowest BCUT2D eigenvalue weighted by Gasteiger charge is -2.10. The van der Waals surface area contributed by atoms with Crippen LogP contribution in [0.3, 0.4) is 0 Å². The maximum absolute atomic E-state index is 13.4. The molecule has 102 valence electrons. The van der Waals surface area contributed by atoms with E-state index in [0.717, 1.165) is 0 Å². The summed E-state index contributed by atoms with van der Waals surface area (Å²) in [6.45, 7) is 0.309. The van der Waals surface area contributed by atoms with Crippen LogP contribution in [0.2, 0.25) is 5.02 Å². The monoisotopic (exact) mass is 291 g/mol. The third-order valence-electron chi connectivity index (χ3n) is 2.51. The van der Waals surface area contributed by atoms with E-state index in [9.17, 15) is 4.39 Å². The molecular weight excluding hydrogens is 281 g/mol. The average Bonchev–Trinajstić information content (AvgIpc) is 2.46. The van der Waals surface area contributed by atoms with Crippen LogP contribution in [0.15, 0.2) is 42.5 Å². The van der Waals surface area contributed by atoms with Gasteiger partial charge >= 0.3 is 0 Å². The molecule has 2 rings (SSSR count). The molecule has 0 saturated carbocycles. The minimum atomic E-state index is -0.519. The van der Waals surface area contributed by atoms with Crippen molar-refractivity contribution in [3.63, 3.8) is 0 Å². The zero-order valence-electron chi connectivity index (χ0n) is 10.5. The number of hydrogen-bond acceptors (Lipinski definition) is 3. The Labute approximate surface area is 121 Å². The van der Waals surface area contributed by atoms with E-state index in [2.05, 4.69) is 0 Å². The van der Waals surface area contributed by atoms with Gasteiger partial charge < -0.3 is 9.47 Å². The van der Waals surface area contributed by atoms with Crippen LogP contribution in [0.5, 0.6) is 11.5 Å². The second-order valence-electron chi connectivity index (χ2n) is 3.86. The fourth-order valence-corrected chi connectivity index (χ4v) is 1.82. The van der Waals surface area contributed by atoms with Crippen LogP contribution < -0.4 is 9.47 Å². The zero-order chi connectivity index (χ0) is 14.4. The molecule has 0 amide bonds. The summed E-state index contributed by atoms with van der Waals surface area (Å²) in [6.07, 6.45) is 0. The third kappa shape index (κ3) is 3.40. The Bertz CT molecular complexity index is 620. The number of nitriles is 1.